The van der Waals surface area contributed by atoms with E-state index in [2.05, 4.69) is 73.8 Å². The lowest BCUT2D eigenvalue weighted by Gasteiger charge is -2.30. The fourth-order valence-electron chi connectivity index (χ4n) is 11.6. The zero-order chi connectivity index (χ0) is 85.2. The number of aliphatic hydroxyl groups excluding tert-OH is 2. The molecule has 0 unspecified atom stereocenters. The van der Waals surface area contributed by atoms with Crippen LogP contribution in [0.15, 0.2) is 70.6 Å². The summed E-state index contributed by atoms with van der Waals surface area (Å²) in [6.07, 6.45) is 0.655. The van der Waals surface area contributed by atoms with E-state index >= 15 is 0 Å². The van der Waals surface area contributed by atoms with Gasteiger partial charge in [0, 0.05) is 32.4 Å². The molecule has 0 saturated heterocycles. The highest BCUT2D eigenvalue weighted by Gasteiger charge is 2.39. The lowest BCUT2D eigenvalue weighted by atomic mass is 9.96. The van der Waals surface area contributed by atoms with E-state index in [-0.39, 0.29) is 113 Å². The summed E-state index contributed by atoms with van der Waals surface area (Å²) in [7, 11) is 0. The Balaban J connectivity index is 2.59. The number of aliphatic imine (C=N–C) groups is 2. The van der Waals surface area contributed by atoms with Crippen LogP contribution in [0.4, 0.5) is 0 Å². The number of aliphatic hydroxyl groups is 2. The maximum atomic E-state index is 14.8. The molecule has 2 aromatic rings. The van der Waals surface area contributed by atoms with Gasteiger partial charge in [0.1, 0.15) is 72.5 Å². The van der Waals surface area contributed by atoms with Crippen molar-refractivity contribution in [2.75, 3.05) is 38.3 Å². The topological polar surface area (TPSA) is 619 Å². The summed E-state index contributed by atoms with van der Waals surface area (Å²) in [5, 5.41) is 71.5. The van der Waals surface area contributed by atoms with Crippen LogP contribution in [-0.4, -0.2) is 232 Å². The largest absolute Gasteiger partial charge is 0.481 e. The number of rotatable bonds is 54. The number of hydrogen-bond acceptors (Lipinski definition) is 20. The van der Waals surface area contributed by atoms with Gasteiger partial charge in [0.15, 0.2) is 11.9 Å². The molecule has 0 heterocycles. The smallest absolute Gasteiger partial charge is 0.326 e. The highest BCUT2D eigenvalue weighted by Crippen LogP contribution is 2.17. The molecule has 632 valence electrons. The van der Waals surface area contributed by atoms with Gasteiger partial charge in [0.05, 0.1) is 19.3 Å². The van der Waals surface area contributed by atoms with Crippen molar-refractivity contribution in [1.82, 2.24) is 63.8 Å². The number of guanidine groups is 2. The van der Waals surface area contributed by atoms with Crippen molar-refractivity contribution in [1.29, 1.82) is 0 Å². The Morgan fingerprint density at radius 1 is 0.398 bits per heavy atom. The number of thioether (sulfide) groups is 1. The minimum atomic E-state index is -1.83. The fraction of sp³-hybridized carbons (Fsp3) is 0.627. The molecule has 0 saturated carbocycles. The molecule has 0 spiro atoms. The second-order valence-electron chi connectivity index (χ2n) is 29.4. The Morgan fingerprint density at radius 3 is 1.11 bits per heavy atom. The number of carbonyl (C=O) groups is 14. The average Bonchev–Trinajstić information content (AvgIpc) is 0.845. The maximum Gasteiger partial charge on any atom is 0.326 e. The molecule has 38 heteroatoms. The van der Waals surface area contributed by atoms with E-state index in [0.29, 0.717) is 16.9 Å². The van der Waals surface area contributed by atoms with Gasteiger partial charge in [-0.25, -0.2) is 4.79 Å². The van der Waals surface area contributed by atoms with Crippen molar-refractivity contribution in [2.24, 2.45) is 68.2 Å². The lowest BCUT2D eigenvalue weighted by Crippen LogP contribution is -2.62. The third-order valence-corrected chi connectivity index (χ3v) is 18.6. The van der Waals surface area contributed by atoms with E-state index in [1.807, 2.05) is 13.8 Å². The molecule has 26 N–H and O–H groups in total. The summed E-state index contributed by atoms with van der Waals surface area (Å²) < 4.78 is 0. The van der Waals surface area contributed by atoms with Crippen molar-refractivity contribution >= 4 is 107 Å². The summed E-state index contributed by atoms with van der Waals surface area (Å²) in [5.41, 5.74) is 29.4. The molecule has 113 heavy (non-hydrogen) atoms. The number of nitrogens with zero attached hydrogens (tertiary/aromatic N) is 2. The normalized spacial score (nSPS) is 15.0. The van der Waals surface area contributed by atoms with Crippen LogP contribution in [-0.2, 0) is 80.0 Å². The predicted octanol–water partition coefficient (Wildman–Crippen LogP) is -2.75. The predicted molar refractivity (Wildman–Crippen MR) is 426 cm³/mol. The van der Waals surface area contributed by atoms with Crippen LogP contribution in [0.25, 0.3) is 0 Å². The molecule has 0 aliphatic carbocycles. The number of carbonyl (C=O) groups excluding carboxylic acids is 12. The number of hydrogen-bond donors (Lipinski definition) is 21. The minimum absolute atomic E-state index is 0.0159. The van der Waals surface area contributed by atoms with Crippen LogP contribution in [0.1, 0.15) is 151 Å². The summed E-state index contributed by atoms with van der Waals surface area (Å²) in [6.45, 7) is 15.0. The van der Waals surface area contributed by atoms with E-state index < -0.39 is 199 Å². The molecule has 0 fully saturated rings. The van der Waals surface area contributed by atoms with Crippen LogP contribution in [0.3, 0.4) is 0 Å². The van der Waals surface area contributed by atoms with Gasteiger partial charge >= 0.3 is 11.9 Å². The summed E-state index contributed by atoms with van der Waals surface area (Å²) in [4.78, 5) is 203. The van der Waals surface area contributed by atoms with E-state index in [4.69, 9.17) is 28.7 Å². The van der Waals surface area contributed by atoms with Crippen LogP contribution >= 0.6 is 11.8 Å². The number of aliphatic carboxylic acids is 2. The fourth-order valence-corrected chi connectivity index (χ4v) is 12.0. The monoisotopic (exact) mass is 1610 g/mol. The average molecular weight is 1610 g/mol. The van der Waals surface area contributed by atoms with Crippen molar-refractivity contribution in [2.45, 2.75) is 231 Å². The molecule has 0 radical (unpaired) electrons. The SMILES string of the molecule is CC[C@H](C)[C@H](NC(=O)[C@H](CO)NC(=O)[C@H](CCC(=O)O)NC(=O)[C@H](N)CC(C)C)C(=O)N[C@@H](Cc1ccccc1)C(=O)N[C@H](CCCN=C(N)N)C(=O)N[C@H](CO)C(=O)N[C@H](CC(C)C)C(=O)N[C@H](CC(C)C)C(=O)N[C@@H](Cc1ccccc1)C(=O)N[C@H](CCCN=C(N)N)C(=O)N[C@@H](C(=O)N[C@@H](CCSC)C(=O)O)C(C)C. The van der Waals surface area contributed by atoms with E-state index in [1.54, 1.807) is 122 Å². The number of amides is 12. The third-order valence-electron chi connectivity index (χ3n) is 17.9. The van der Waals surface area contributed by atoms with E-state index in [0.717, 1.165) is 0 Å². The summed E-state index contributed by atoms with van der Waals surface area (Å²) >= 11 is 1.38. The van der Waals surface area contributed by atoms with E-state index in [1.165, 1.54) is 11.8 Å². The third kappa shape index (κ3) is 38.2. The maximum absolute atomic E-state index is 14.8. The zero-order valence-electron chi connectivity index (χ0n) is 66.6. The zero-order valence-corrected chi connectivity index (χ0v) is 67.4. The first-order valence-corrected chi connectivity index (χ1v) is 39.4. The van der Waals surface area contributed by atoms with Gasteiger partial charge < -0.3 is 113 Å². The van der Waals surface area contributed by atoms with Gasteiger partial charge in [-0.05, 0) is 111 Å². The number of nitrogens with two attached hydrogens (primary N) is 5. The highest BCUT2D eigenvalue weighted by atomic mass is 32.2. The molecule has 12 amide bonds. The van der Waals surface area contributed by atoms with Gasteiger partial charge in [-0.15, -0.1) is 0 Å². The first-order chi connectivity index (χ1) is 53.2. The van der Waals surface area contributed by atoms with Gasteiger partial charge in [0.25, 0.3) is 0 Å². The van der Waals surface area contributed by atoms with Gasteiger partial charge in [0.2, 0.25) is 70.9 Å². The van der Waals surface area contributed by atoms with Crippen molar-refractivity contribution in [3.63, 3.8) is 0 Å². The molecule has 37 nitrogen and oxygen atoms in total. The Kier molecular flexibility index (Phi) is 45.6. The molecule has 0 aliphatic rings. The number of benzene rings is 2. The standard InChI is InChI=1S/C75H123N19O18S/c1-12-44(10)60(94-70(108)57(39-96)92-63(101)50(27-28-58(97)98)83-61(99)47(76)33-40(2)3)72(110)90-55(37-46-23-17-14-18-24-46)68(106)84-48(25-19-30-81-74(77)78)62(100)91-56(38-95)69(107)88-53(35-42(6)7)65(103)87-52(34-41(4)5)66(104)89-54(36-45-21-15-13-16-22-45)67(105)85-49(26-20-31-82-75(79)80)64(102)93-59(43(8)9)71(109)86-51(73(111)112)29-32-113-11/h13-18,21-24,40-44,47-57,59-60,95-96H,12,19-20,25-39,76H2,1-11H3,(H,83,99)(H,84,106)(H,85,105)(H,86,109)(H,87,103)(H,88,107)(H,89,104)(H,90,110)(H,91,100)(H,92,101)(H,93,102)(H,94,108)(H,97,98)(H,111,112)(H4,77,78,81)(H4,79,80,82)/t44-,47+,48+,49+,50-,51-,52+,53+,54-,55-,56+,57-,59+,60-/m0/s1. The van der Waals surface area contributed by atoms with Crippen LogP contribution in [0.5, 0.6) is 0 Å². The molecule has 14 atom stereocenters. The minimum Gasteiger partial charge on any atom is -0.481 e. The van der Waals surface area contributed by atoms with Crippen LogP contribution in [0.2, 0.25) is 0 Å². The Morgan fingerprint density at radius 2 is 0.726 bits per heavy atom. The molecule has 0 bridgehead atoms. The molecule has 2 rings (SSSR count). The van der Waals surface area contributed by atoms with Crippen molar-refractivity contribution in [3.8, 4) is 0 Å². The van der Waals surface area contributed by atoms with Crippen LogP contribution < -0.4 is 92.5 Å². The quantitative estimate of drug-likeness (QED) is 0.0181. The molecule has 0 aliphatic heterocycles. The second kappa shape index (κ2) is 52.2. The molecular formula is C75H123N19O18S. The second-order valence-corrected chi connectivity index (χ2v) is 30.4. The van der Waals surface area contributed by atoms with Gasteiger partial charge in [-0.1, -0.05) is 136 Å². The van der Waals surface area contributed by atoms with Crippen LogP contribution in [0, 0.1) is 29.6 Å². The Bertz CT molecular complexity index is 3480. The van der Waals surface area contributed by atoms with Gasteiger partial charge in [-0.3, -0.25) is 72.3 Å². The first-order valence-electron chi connectivity index (χ1n) is 38.0. The molecular weight excluding hydrogens is 1490 g/mol. The molecule has 0 aromatic heterocycles. The number of carboxylic acid groups (broad SMARTS) is 2. The summed E-state index contributed by atoms with van der Waals surface area (Å²) in [5.74, 6) is -15.8. The first kappa shape index (κ1) is 98.9. The highest BCUT2D eigenvalue weighted by molar-refractivity contribution is 7.98. The van der Waals surface area contributed by atoms with Crippen molar-refractivity contribution < 1.29 is 87.5 Å². The number of nitrogens with one attached hydrogen (secondary N) is 12. The Labute approximate surface area is 664 Å². The van der Waals surface area contributed by atoms with Crippen molar-refractivity contribution in [3.05, 3.63) is 71.8 Å². The molecule has 2 aromatic carbocycles. The summed E-state index contributed by atoms with van der Waals surface area (Å²) in [6, 6.07) is -2.19. The van der Waals surface area contributed by atoms with E-state index in [9.17, 15) is 87.5 Å². The van der Waals surface area contributed by atoms with Gasteiger partial charge in [-0.2, -0.15) is 11.8 Å². The lowest BCUT2D eigenvalue weighted by molar-refractivity contribution is -0.142. The Hall–Kier alpha value is -10.2. The number of carboxylic acids is 2.